The SMILES string of the molecule is CC(C)C(Cn1ccnc1)=NO. The van der Waals surface area contributed by atoms with E-state index in [4.69, 9.17) is 5.21 Å². The average Bonchev–Trinajstić information content (AvgIpc) is 2.51. The van der Waals surface area contributed by atoms with E-state index in [0.29, 0.717) is 6.54 Å². The van der Waals surface area contributed by atoms with Crippen molar-refractivity contribution in [1.82, 2.24) is 9.55 Å². The number of oxime groups is 1. The van der Waals surface area contributed by atoms with E-state index in [1.165, 1.54) is 0 Å². The summed E-state index contributed by atoms with van der Waals surface area (Å²) >= 11 is 0. The molecule has 4 nitrogen and oxygen atoms in total. The third-order valence-corrected chi connectivity index (χ3v) is 1.70. The zero-order valence-corrected chi connectivity index (χ0v) is 7.31. The lowest BCUT2D eigenvalue weighted by atomic mass is 10.1. The van der Waals surface area contributed by atoms with Crippen molar-refractivity contribution >= 4 is 5.71 Å². The van der Waals surface area contributed by atoms with Gasteiger partial charge in [-0.05, 0) is 5.92 Å². The topological polar surface area (TPSA) is 50.4 Å². The van der Waals surface area contributed by atoms with Crippen molar-refractivity contribution in [2.45, 2.75) is 20.4 Å². The third-order valence-electron chi connectivity index (χ3n) is 1.70. The Kier molecular flexibility index (Phi) is 2.85. The first-order chi connectivity index (χ1) is 5.74. The van der Waals surface area contributed by atoms with Crippen molar-refractivity contribution < 1.29 is 5.21 Å². The number of nitrogens with zero attached hydrogens (tertiary/aromatic N) is 3. The molecule has 12 heavy (non-hydrogen) atoms. The fraction of sp³-hybridized carbons (Fsp3) is 0.500. The van der Waals surface area contributed by atoms with Gasteiger partial charge in [0.05, 0.1) is 18.6 Å². The van der Waals surface area contributed by atoms with Crippen molar-refractivity contribution in [3.63, 3.8) is 0 Å². The lowest BCUT2D eigenvalue weighted by Crippen LogP contribution is -2.14. The molecule has 0 aliphatic carbocycles. The van der Waals surface area contributed by atoms with Crippen LogP contribution in [-0.4, -0.2) is 20.5 Å². The zero-order valence-electron chi connectivity index (χ0n) is 7.31. The molecule has 0 radical (unpaired) electrons. The molecule has 0 saturated carbocycles. The Morgan fingerprint density at radius 2 is 2.42 bits per heavy atom. The summed E-state index contributed by atoms with van der Waals surface area (Å²) in [6, 6.07) is 0. The lowest BCUT2D eigenvalue weighted by molar-refractivity contribution is 0.313. The molecule has 1 aromatic heterocycles. The van der Waals surface area contributed by atoms with Gasteiger partial charge in [-0.25, -0.2) is 4.98 Å². The maximum absolute atomic E-state index is 8.65. The minimum Gasteiger partial charge on any atom is -0.411 e. The van der Waals surface area contributed by atoms with E-state index in [-0.39, 0.29) is 5.92 Å². The minimum absolute atomic E-state index is 0.261. The summed E-state index contributed by atoms with van der Waals surface area (Å²) in [5.74, 6) is 0.261. The summed E-state index contributed by atoms with van der Waals surface area (Å²) in [6.07, 6.45) is 5.25. The van der Waals surface area contributed by atoms with E-state index in [1.54, 1.807) is 12.5 Å². The van der Waals surface area contributed by atoms with Crippen LogP contribution in [0, 0.1) is 5.92 Å². The number of hydrogen-bond donors (Lipinski definition) is 1. The fourth-order valence-electron chi connectivity index (χ4n) is 0.897. The normalized spacial score (nSPS) is 12.4. The highest BCUT2D eigenvalue weighted by Gasteiger charge is 2.05. The summed E-state index contributed by atoms with van der Waals surface area (Å²) in [4.78, 5) is 3.90. The molecule has 0 spiro atoms. The summed E-state index contributed by atoms with van der Waals surface area (Å²) in [6.45, 7) is 4.59. The van der Waals surface area contributed by atoms with E-state index in [1.807, 2.05) is 24.6 Å². The Bertz CT molecular complexity index is 251. The maximum atomic E-state index is 8.65. The minimum atomic E-state index is 0.261. The van der Waals surface area contributed by atoms with Crippen LogP contribution in [0.4, 0.5) is 0 Å². The molecule has 1 rings (SSSR count). The van der Waals surface area contributed by atoms with Crippen LogP contribution in [0.15, 0.2) is 23.9 Å². The smallest absolute Gasteiger partial charge is 0.0949 e. The highest BCUT2D eigenvalue weighted by Crippen LogP contribution is 2.00. The first-order valence-corrected chi connectivity index (χ1v) is 3.90. The molecule has 0 fully saturated rings. The van der Waals surface area contributed by atoms with Crippen LogP contribution in [0.3, 0.4) is 0 Å². The van der Waals surface area contributed by atoms with Gasteiger partial charge >= 0.3 is 0 Å². The molecule has 0 amide bonds. The van der Waals surface area contributed by atoms with Crippen molar-refractivity contribution in [2.24, 2.45) is 11.1 Å². The van der Waals surface area contributed by atoms with Crippen LogP contribution in [-0.2, 0) is 6.54 Å². The molecule has 0 saturated heterocycles. The van der Waals surface area contributed by atoms with Gasteiger partial charge in [-0.3, -0.25) is 0 Å². The van der Waals surface area contributed by atoms with Gasteiger partial charge in [0.1, 0.15) is 0 Å². The molecular formula is C8H13N3O. The Hall–Kier alpha value is -1.32. The summed E-state index contributed by atoms with van der Waals surface area (Å²) < 4.78 is 1.87. The van der Waals surface area contributed by atoms with Gasteiger partial charge in [0.15, 0.2) is 0 Å². The van der Waals surface area contributed by atoms with E-state index >= 15 is 0 Å². The van der Waals surface area contributed by atoms with Crippen LogP contribution in [0.1, 0.15) is 13.8 Å². The molecule has 0 bridgehead atoms. The van der Waals surface area contributed by atoms with Gasteiger partial charge in [0.2, 0.25) is 0 Å². The van der Waals surface area contributed by atoms with Crippen LogP contribution >= 0.6 is 0 Å². The zero-order chi connectivity index (χ0) is 8.97. The summed E-state index contributed by atoms with van der Waals surface area (Å²) in [5, 5.41) is 11.9. The van der Waals surface area contributed by atoms with Crippen molar-refractivity contribution in [3.05, 3.63) is 18.7 Å². The third kappa shape index (κ3) is 2.08. The standard InChI is InChI=1S/C8H13N3O/c1-7(2)8(10-12)5-11-4-3-9-6-11/h3-4,6-7,12H,5H2,1-2H3. The lowest BCUT2D eigenvalue weighted by Gasteiger charge is -2.07. The molecule has 0 aliphatic heterocycles. The molecule has 1 N–H and O–H groups in total. The monoisotopic (exact) mass is 167 g/mol. The van der Waals surface area contributed by atoms with E-state index < -0.39 is 0 Å². The maximum Gasteiger partial charge on any atom is 0.0949 e. The number of imidazole rings is 1. The molecular weight excluding hydrogens is 154 g/mol. The van der Waals surface area contributed by atoms with Crippen LogP contribution in [0.2, 0.25) is 0 Å². The molecule has 1 aromatic rings. The second-order valence-corrected chi connectivity index (χ2v) is 2.98. The van der Waals surface area contributed by atoms with Gasteiger partial charge in [0.25, 0.3) is 0 Å². The van der Waals surface area contributed by atoms with E-state index in [0.717, 1.165) is 5.71 Å². The summed E-state index contributed by atoms with van der Waals surface area (Å²) in [7, 11) is 0. The average molecular weight is 167 g/mol. The number of aromatic nitrogens is 2. The van der Waals surface area contributed by atoms with Crippen LogP contribution in [0.5, 0.6) is 0 Å². The van der Waals surface area contributed by atoms with Gasteiger partial charge in [-0.15, -0.1) is 0 Å². The molecule has 66 valence electrons. The van der Waals surface area contributed by atoms with Crippen molar-refractivity contribution in [2.75, 3.05) is 0 Å². The van der Waals surface area contributed by atoms with Crippen molar-refractivity contribution in [3.8, 4) is 0 Å². The second kappa shape index (κ2) is 3.90. The van der Waals surface area contributed by atoms with Gasteiger partial charge < -0.3 is 9.77 Å². The predicted octanol–water partition coefficient (Wildman–Crippen LogP) is 1.37. The highest BCUT2D eigenvalue weighted by molar-refractivity contribution is 5.85. The molecule has 4 heteroatoms. The first kappa shape index (κ1) is 8.77. The van der Waals surface area contributed by atoms with E-state index in [2.05, 4.69) is 10.1 Å². The fourth-order valence-corrected chi connectivity index (χ4v) is 0.897. The molecule has 0 atom stereocenters. The molecule has 0 unspecified atom stereocenters. The highest BCUT2D eigenvalue weighted by atomic mass is 16.4. The first-order valence-electron chi connectivity index (χ1n) is 3.90. The Morgan fingerprint density at radius 1 is 1.67 bits per heavy atom. The van der Waals surface area contributed by atoms with Crippen molar-refractivity contribution in [1.29, 1.82) is 0 Å². The largest absolute Gasteiger partial charge is 0.411 e. The van der Waals surface area contributed by atoms with Gasteiger partial charge in [-0.1, -0.05) is 19.0 Å². The Labute approximate surface area is 71.5 Å². The Morgan fingerprint density at radius 3 is 2.83 bits per heavy atom. The number of hydrogen-bond acceptors (Lipinski definition) is 3. The second-order valence-electron chi connectivity index (χ2n) is 2.98. The number of rotatable bonds is 3. The Balaban J connectivity index is 2.62. The molecule has 0 aromatic carbocycles. The molecule has 1 heterocycles. The van der Waals surface area contributed by atoms with Crippen LogP contribution in [0.25, 0.3) is 0 Å². The van der Waals surface area contributed by atoms with E-state index in [9.17, 15) is 0 Å². The quantitative estimate of drug-likeness (QED) is 0.420. The summed E-state index contributed by atoms with van der Waals surface area (Å²) in [5.41, 5.74) is 0.757. The molecule has 0 aliphatic rings. The van der Waals surface area contributed by atoms with Crippen LogP contribution < -0.4 is 0 Å². The van der Waals surface area contributed by atoms with Gasteiger partial charge in [0, 0.05) is 12.4 Å². The van der Waals surface area contributed by atoms with Gasteiger partial charge in [-0.2, -0.15) is 0 Å². The predicted molar refractivity (Wildman–Crippen MR) is 46.3 cm³/mol.